The Bertz CT molecular complexity index is 392. The Morgan fingerprint density at radius 3 is 2.88 bits per heavy atom. The van der Waals surface area contributed by atoms with Crippen molar-refractivity contribution in [3.8, 4) is 0 Å². The molecule has 1 aromatic carbocycles. The van der Waals surface area contributed by atoms with E-state index in [1.807, 2.05) is 6.92 Å². The van der Waals surface area contributed by atoms with E-state index >= 15 is 0 Å². The van der Waals surface area contributed by atoms with E-state index in [9.17, 15) is 5.11 Å². The SMILES string of the molecule is C=C(C)CCC(O)c1ccc2c(c1)CCC2. The van der Waals surface area contributed by atoms with Gasteiger partial charge in [0.2, 0.25) is 0 Å². The van der Waals surface area contributed by atoms with E-state index in [0.717, 1.165) is 24.0 Å². The van der Waals surface area contributed by atoms with E-state index in [-0.39, 0.29) is 6.10 Å². The van der Waals surface area contributed by atoms with Crippen LogP contribution in [0.3, 0.4) is 0 Å². The second-order valence-corrected chi connectivity index (χ2v) is 4.89. The Kier molecular flexibility index (Phi) is 3.45. The molecule has 1 aliphatic rings. The number of aliphatic hydroxyl groups is 1. The summed E-state index contributed by atoms with van der Waals surface area (Å²) >= 11 is 0. The predicted molar refractivity (Wildman–Crippen MR) is 67.5 cm³/mol. The highest BCUT2D eigenvalue weighted by Crippen LogP contribution is 2.27. The summed E-state index contributed by atoms with van der Waals surface area (Å²) in [6.45, 7) is 5.88. The largest absolute Gasteiger partial charge is 0.388 e. The number of rotatable bonds is 4. The summed E-state index contributed by atoms with van der Waals surface area (Å²) in [6, 6.07) is 6.44. The Balaban J connectivity index is 2.06. The number of aryl methyl sites for hydroxylation is 2. The topological polar surface area (TPSA) is 20.2 Å². The fourth-order valence-electron chi connectivity index (χ4n) is 2.35. The molecule has 1 unspecified atom stereocenters. The van der Waals surface area contributed by atoms with Crippen molar-refractivity contribution in [2.24, 2.45) is 0 Å². The summed E-state index contributed by atoms with van der Waals surface area (Å²) in [5, 5.41) is 10.1. The molecule has 0 saturated carbocycles. The third-order valence-electron chi connectivity index (χ3n) is 3.35. The quantitative estimate of drug-likeness (QED) is 0.763. The first-order valence-electron chi connectivity index (χ1n) is 6.11. The monoisotopic (exact) mass is 216 g/mol. The maximum Gasteiger partial charge on any atom is 0.0793 e. The lowest BCUT2D eigenvalue weighted by Gasteiger charge is -2.12. The second-order valence-electron chi connectivity index (χ2n) is 4.89. The van der Waals surface area contributed by atoms with Gasteiger partial charge in [-0.05, 0) is 55.7 Å². The van der Waals surface area contributed by atoms with Crippen molar-refractivity contribution in [1.29, 1.82) is 0 Å². The van der Waals surface area contributed by atoms with Crippen LogP contribution in [-0.2, 0) is 12.8 Å². The minimum Gasteiger partial charge on any atom is -0.388 e. The predicted octanol–water partition coefficient (Wildman–Crippen LogP) is 3.57. The van der Waals surface area contributed by atoms with E-state index in [1.165, 1.54) is 30.4 Å². The highest BCUT2D eigenvalue weighted by Gasteiger charge is 2.14. The fraction of sp³-hybridized carbons (Fsp3) is 0.467. The molecule has 0 amide bonds. The Hall–Kier alpha value is -1.08. The minimum atomic E-state index is -0.331. The van der Waals surface area contributed by atoms with Gasteiger partial charge in [-0.2, -0.15) is 0 Å². The molecular weight excluding hydrogens is 196 g/mol. The van der Waals surface area contributed by atoms with Gasteiger partial charge in [0.1, 0.15) is 0 Å². The van der Waals surface area contributed by atoms with E-state index in [1.54, 1.807) is 0 Å². The van der Waals surface area contributed by atoms with Crippen LogP contribution in [0.15, 0.2) is 30.4 Å². The van der Waals surface area contributed by atoms with Crippen molar-refractivity contribution in [3.05, 3.63) is 47.0 Å². The molecule has 0 aromatic heterocycles. The van der Waals surface area contributed by atoms with Crippen LogP contribution in [0, 0.1) is 0 Å². The first kappa shape index (κ1) is 11.4. The van der Waals surface area contributed by atoms with Gasteiger partial charge in [0.25, 0.3) is 0 Å². The minimum absolute atomic E-state index is 0.331. The maximum absolute atomic E-state index is 10.1. The van der Waals surface area contributed by atoms with Gasteiger partial charge in [0.15, 0.2) is 0 Å². The molecule has 0 fully saturated rings. The fourth-order valence-corrected chi connectivity index (χ4v) is 2.35. The number of aliphatic hydroxyl groups excluding tert-OH is 1. The molecule has 1 N–H and O–H groups in total. The summed E-state index contributed by atoms with van der Waals surface area (Å²) in [4.78, 5) is 0. The molecule has 86 valence electrons. The van der Waals surface area contributed by atoms with Gasteiger partial charge in [-0.25, -0.2) is 0 Å². The standard InChI is InChI=1S/C15H20O/c1-11(2)6-9-15(16)14-8-7-12-4-3-5-13(12)10-14/h7-8,10,15-16H,1,3-6,9H2,2H3. The number of benzene rings is 1. The zero-order chi connectivity index (χ0) is 11.5. The van der Waals surface area contributed by atoms with Crippen LogP contribution in [0.1, 0.15) is 49.0 Å². The molecule has 1 aromatic rings. The van der Waals surface area contributed by atoms with Crippen LogP contribution in [-0.4, -0.2) is 5.11 Å². The lowest BCUT2D eigenvalue weighted by atomic mass is 9.99. The lowest BCUT2D eigenvalue weighted by Crippen LogP contribution is -1.99. The summed E-state index contributed by atoms with van der Waals surface area (Å²) in [7, 11) is 0. The zero-order valence-electron chi connectivity index (χ0n) is 10.00. The molecule has 0 saturated heterocycles. The van der Waals surface area contributed by atoms with Crippen LogP contribution in [0.25, 0.3) is 0 Å². The Labute approximate surface area is 97.8 Å². The van der Waals surface area contributed by atoms with Crippen LogP contribution in [0.4, 0.5) is 0 Å². The molecule has 0 radical (unpaired) electrons. The molecule has 0 bridgehead atoms. The van der Waals surface area contributed by atoms with Gasteiger partial charge in [0, 0.05) is 0 Å². The van der Waals surface area contributed by atoms with Crippen molar-refractivity contribution < 1.29 is 5.11 Å². The summed E-state index contributed by atoms with van der Waals surface area (Å²) in [5.41, 5.74) is 5.12. The van der Waals surface area contributed by atoms with Crippen LogP contribution in [0.5, 0.6) is 0 Å². The summed E-state index contributed by atoms with van der Waals surface area (Å²) in [5.74, 6) is 0. The second kappa shape index (κ2) is 4.84. The molecule has 1 nitrogen and oxygen atoms in total. The number of hydrogen-bond donors (Lipinski definition) is 1. The van der Waals surface area contributed by atoms with Gasteiger partial charge < -0.3 is 5.11 Å². The van der Waals surface area contributed by atoms with Crippen LogP contribution < -0.4 is 0 Å². The Morgan fingerprint density at radius 1 is 1.38 bits per heavy atom. The molecule has 0 heterocycles. The molecule has 0 spiro atoms. The van der Waals surface area contributed by atoms with Gasteiger partial charge >= 0.3 is 0 Å². The normalized spacial score (nSPS) is 15.9. The number of fused-ring (bicyclic) bond motifs is 1. The smallest absolute Gasteiger partial charge is 0.0793 e. The molecule has 2 rings (SSSR count). The summed E-state index contributed by atoms with van der Waals surface area (Å²) in [6.07, 6.45) is 5.00. The van der Waals surface area contributed by atoms with E-state index < -0.39 is 0 Å². The van der Waals surface area contributed by atoms with E-state index in [4.69, 9.17) is 0 Å². The lowest BCUT2D eigenvalue weighted by molar-refractivity contribution is 0.168. The van der Waals surface area contributed by atoms with Crippen LogP contribution in [0.2, 0.25) is 0 Å². The van der Waals surface area contributed by atoms with Crippen molar-refractivity contribution in [2.75, 3.05) is 0 Å². The molecular formula is C15H20O. The third-order valence-corrected chi connectivity index (χ3v) is 3.35. The first-order valence-corrected chi connectivity index (χ1v) is 6.11. The average Bonchev–Trinajstić information content (AvgIpc) is 2.72. The van der Waals surface area contributed by atoms with E-state index in [2.05, 4.69) is 24.8 Å². The molecule has 1 atom stereocenters. The van der Waals surface area contributed by atoms with Crippen LogP contribution >= 0.6 is 0 Å². The van der Waals surface area contributed by atoms with Crippen molar-refractivity contribution in [2.45, 2.75) is 45.1 Å². The molecule has 0 aliphatic heterocycles. The summed E-state index contributed by atoms with van der Waals surface area (Å²) < 4.78 is 0. The number of allylic oxidation sites excluding steroid dienone is 1. The average molecular weight is 216 g/mol. The van der Waals surface area contributed by atoms with Crippen molar-refractivity contribution >= 4 is 0 Å². The van der Waals surface area contributed by atoms with Crippen molar-refractivity contribution in [1.82, 2.24) is 0 Å². The third kappa shape index (κ3) is 2.53. The molecule has 1 heteroatoms. The number of hydrogen-bond acceptors (Lipinski definition) is 1. The molecule has 16 heavy (non-hydrogen) atoms. The van der Waals surface area contributed by atoms with Gasteiger partial charge in [-0.15, -0.1) is 6.58 Å². The van der Waals surface area contributed by atoms with Gasteiger partial charge in [0.05, 0.1) is 6.10 Å². The zero-order valence-corrected chi connectivity index (χ0v) is 10.00. The Morgan fingerprint density at radius 2 is 2.12 bits per heavy atom. The van der Waals surface area contributed by atoms with E-state index in [0.29, 0.717) is 0 Å². The van der Waals surface area contributed by atoms with Gasteiger partial charge in [-0.1, -0.05) is 23.8 Å². The van der Waals surface area contributed by atoms with Gasteiger partial charge in [-0.3, -0.25) is 0 Å². The maximum atomic E-state index is 10.1. The highest BCUT2D eigenvalue weighted by atomic mass is 16.3. The molecule has 1 aliphatic carbocycles. The highest BCUT2D eigenvalue weighted by molar-refractivity contribution is 5.36. The van der Waals surface area contributed by atoms with Crippen molar-refractivity contribution in [3.63, 3.8) is 0 Å². The first-order chi connectivity index (χ1) is 7.66.